The zero-order valence-corrected chi connectivity index (χ0v) is 33.0. The van der Waals surface area contributed by atoms with E-state index in [-0.39, 0.29) is 42.2 Å². The van der Waals surface area contributed by atoms with Crippen LogP contribution >= 0.6 is 11.3 Å². The Hall–Kier alpha value is -5.47. The maximum absolute atomic E-state index is 13.9. The van der Waals surface area contributed by atoms with Crippen molar-refractivity contribution in [2.45, 2.75) is 90.6 Å². The number of nitrogens with zero attached hydrogens (tertiary/aromatic N) is 4. The second-order valence-corrected chi connectivity index (χ2v) is 15.2. The fourth-order valence-electron chi connectivity index (χ4n) is 6.91. The lowest BCUT2D eigenvalue weighted by atomic mass is 9.95. The van der Waals surface area contributed by atoms with Gasteiger partial charge in [0, 0.05) is 61.5 Å². The van der Waals surface area contributed by atoms with Gasteiger partial charge in [0.05, 0.1) is 35.1 Å². The molecule has 1 aromatic carbocycles. The predicted molar refractivity (Wildman–Crippen MR) is 215 cm³/mol. The first-order valence-corrected chi connectivity index (χ1v) is 20.0. The van der Waals surface area contributed by atoms with Gasteiger partial charge in [0.25, 0.3) is 11.8 Å². The van der Waals surface area contributed by atoms with Crippen LogP contribution in [0.5, 0.6) is 0 Å². The number of carboxylic acids is 2. The van der Waals surface area contributed by atoms with E-state index in [1.165, 1.54) is 11.3 Å². The van der Waals surface area contributed by atoms with Crippen molar-refractivity contribution >= 4 is 51.7 Å². The molecule has 1 aliphatic carbocycles. The predicted octanol–water partition coefficient (Wildman–Crippen LogP) is 6.72. The van der Waals surface area contributed by atoms with Gasteiger partial charge in [-0.1, -0.05) is 26.0 Å². The molecule has 4 aromatic rings. The summed E-state index contributed by atoms with van der Waals surface area (Å²) in [7, 11) is 1.68. The molecule has 0 spiro atoms. The molecule has 0 radical (unpaired) electrons. The standard InChI is InChI=1S/C42H50N6O7S/c1-4-33(5-2)48(23-22-47(3)36(49)18-19-37(50)51)26-32-24-29(20-21-43-32)39(52)46-41-38(34-8-6-7-9-35(34)56-41)40(53)45-31-17-16-30(44-25-31)15-12-27-10-13-28(14-11-27)42(54)55/h10-11,13-14,16-17,20-21,24-25,33H,4-9,12,15,18-19,22-23,26H2,1-3H3,(H,45,53)(H,46,52)(H,50,51)(H,54,55). The summed E-state index contributed by atoms with van der Waals surface area (Å²) in [6.45, 7) is 5.65. The summed E-state index contributed by atoms with van der Waals surface area (Å²) in [6, 6.07) is 14.1. The number of carbonyl (C=O) groups excluding carboxylic acids is 3. The maximum Gasteiger partial charge on any atom is 0.335 e. The highest BCUT2D eigenvalue weighted by Gasteiger charge is 2.27. The molecule has 0 aliphatic heterocycles. The van der Waals surface area contributed by atoms with E-state index in [4.69, 9.17) is 10.2 Å². The molecule has 56 heavy (non-hydrogen) atoms. The van der Waals surface area contributed by atoms with Crippen molar-refractivity contribution in [2.75, 3.05) is 30.8 Å². The van der Waals surface area contributed by atoms with Crippen LogP contribution in [-0.2, 0) is 41.8 Å². The molecule has 0 unspecified atom stereocenters. The van der Waals surface area contributed by atoms with E-state index in [0.717, 1.165) is 60.2 Å². The van der Waals surface area contributed by atoms with E-state index >= 15 is 0 Å². The Morgan fingerprint density at radius 3 is 2.25 bits per heavy atom. The molecule has 1 aliphatic rings. The van der Waals surface area contributed by atoms with Gasteiger partial charge in [-0.15, -0.1) is 11.3 Å². The van der Waals surface area contributed by atoms with Crippen LogP contribution in [0, 0.1) is 0 Å². The normalized spacial score (nSPS) is 12.3. The number of likely N-dealkylation sites (N-methyl/N-ethyl adjacent to an activating group) is 1. The Labute approximate surface area is 331 Å². The van der Waals surface area contributed by atoms with E-state index in [9.17, 15) is 24.0 Å². The maximum atomic E-state index is 13.9. The Morgan fingerprint density at radius 2 is 1.57 bits per heavy atom. The number of aromatic carboxylic acids is 1. The number of fused-ring (bicyclic) bond motifs is 1. The molecule has 5 rings (SSSR count). The van der Waals surface area contributed by atoms with Crippen LogP contribution in [0.15, 0.2) is 60.9 Å². The zero-order chi connectivity index (χ0) is 40.2. The monoisotopic (exact) mass is 782 g/mol. The van der Waals surface area contributed by atoms with E-state index in [0.29, 0.717) is 60.0 Å². The average molecular weight is 783 g/mol. The first-order valence-electron chi connectivity index (χ1n) is 19.1. The quantitative estimate of drug-likeness (QED) is 0.0797. The van der Waals surface area contributed by atoms with E-state index < -0.39 is 11.9 Å². The third-order valence-corrected chi connectivity index (χ3v) is 11.4. The molecule has 3 aromatic heterocycles. The average Bonchev–Trinajstić information content (AvgIpc) is 3.57. The molecule has 14 heteroatoms. The van der Waals surface area contributed by atoms with Gasteiger partial charge in [-0.25, -0.2) is 4.79 Å². The molecule has 3 heterocycles. The summed E-state index contributed by atoms with van der Waals surface area (Å²) in [5, 5.41) is 24.6. The van der Waals surface area contributed by atoms with Gasteiger partial charge in [-0.2, -0.15) is 0 Å². The van der Waals surface area contributed by atoms with Gasteiger partial charge in [0.15, 0.2) is 0 Å². The largest absolute Gasteiger partial charge is 0.481 e. The number of nitrogens with one attached hydrogen (secondary N) is 2. The van der Waals surface area contributed by atoms with Crippen LogP contribution < -0.4 is 10.6 Å². The summed E-state index contributed by atoms with van der Waals surface area (Å²) in [5.41, 5.74) is 5.17. The highest BCUT2D eigenvalue weighted by Crippen LogP contribution is 2.39. The lowest BCUT2D eigenvalue weighted by Crippen LogP contribution is -2.41. The number of aliphatic carboxylic acids is 1. The van der Waals surface area contributed by atoms with Crippen molar-refractivity contribution in [1.82, 2.24) is 19.8 Å². The minimum absolute atomic E-state index is 0.0482. The zero-order valence-electron chi connectivity index (χ0n) is 32.2. The van der Waals surface area contributed by atoms with Crippen molar-refractivity contribution < 1.29 is 34.2 Å². The van der Waals surface area contributed by atoms with Crippen molar-refractivity contribution in [3.63, 3.8) is 0 Å². The molecule has 13 nitrogen and oxygen atoms in total. The molecular formula is C42H50N6O7S. The van der Waals surface area contributed by atoms with E-state index in [1.54, 1.807) is 60.7 Å². The third-order valence-electron chi connectivity index (χ3n) is 10.2. The van der Waals surface area contributed by atoms with Crippen molar-refractivity contribution in [3.8, 4) is 0 Å². The molecule has 0 bridgehead atoms. The SMILES string of the molecule is CCC(CC)N(CCN(C)C(=O)CCC(=O)O)Cc1cc(C(=O)Nc2sc3c(c2C(=O)Nc2ccc(CCc4ccc(C(=O)O)cc4)nc2)CCCC3)ccn1. The number of amides is 3. The number of rotatable bonds is 19. The second kappa shape index (κ2) is 19.9. The lowest BCUT2D eigenvalue weighted by Gasteiger charge is -2.32. The Balaban J connectivity index is 1.25. The van der Waals surface area contributed by atoms with Crippen molar-refractivity contribution in [2.24, 2.45) is 0 Å². The fraction of sp³-hybridized carbons (Fsp3) is 0.405. The summed E-state index contributed by atoms with van der Waals surface area (Å²) in [6.07, 6.45) is 9.65. The number of carboxylic acid groups (broad SMARTS) is 2. The number of hydrogen-bond donors (Lipinski definition) is 4. The molecule has 0 atom stereocenters. The van der Waals surface area contributed by atoms with Gasteiger partial charge in [0.1, 0.15) is 5.00 Å². The highest BCUT2D eigenvalue weighted by atomic mass is 32.1. The minimum Gasteiger partial charge on any atom is -0.481 e. The molecular weight excluding hydrogens is 733 g/mol. The third kappa shape index (κ3) is 11.3. The summed E-state index contributed by atoms with van der Waals surface area (Å²) in [4.78, 5) is 76.2. The lowest BCUT2D eigenvalue weighted by molar-refractivity contribution is -0.140. The Bertz CT molecular complexity index is 2010. The number of aryl methyl sites for hydroxylation is 3. The van der Waals surface area contributed by atoms with E-state index in [1.807, 2.05) is 12.1 Å². The smallest absolute Gasteiger partial charge is 0.335 e. The first kappa shape index (κ1) is 41.7. The summed E-state index contributed by atoms with van der Waals surface area (Å²) >= 11 is 1.44. The number of pyridine rings is 2. The Kier molecular flexibility index (Phi) is 14.8. The van der Waals surface area contributed by atoms with Gasteiger partial charge in [0.2, 0.25) is 5.91 Å². The van der Waals surface area contributed by atoms with Gasteiger partial charge >= 0.3 is 11.9 Å². The van der Waals surface area contributed by atoms with Gasteiger partial charge < -0.3 is 25.7 Å². The number of anilines is 2. The van der Waals surface area contributed by atoms with Gasteiger partial charge in [-0.05, 0) is 98.9 Å². The van der Waals surface area contributed by atoms with Crippen LogP contribution in [0.2, 0.25) is 0 Å². The minimum atomic E-state index is -1.00. The first-order chi connectivity index (χ1) is 26.9. The molecule has 0 fully saturated rings. The van der Waals surface area contributed by atoms with E-state index in [2.05, 4.69) is 39.3 Å². The molecule has 3 amide bonds. The van der Waals surface area contributed by atoms with Crippen LogP contribution in [0.4, 0.5) is 10.7 Å². The highest BCUT2D eigenvalue weighted by molar-refractivity contribution is 7.17. The van der Waals surface area contributed by atoms with Gasteiger partial charge in [-0.3, -0.25) is 34.0 Å². The number of hydrogen-bond acceptors (Lipinski definition) is 9. The van der Waals surface area contributed by atoms with Crippen LogP contribution in [0.1, 0.15) is 111 Å². The summed E-state index contributed by atoms with van der Waals surface area (Å²) in [5.74, 6) is -2.84. The topological polar surface area (TPSA) is 182 Å². The van der Waals surface area contributed by atoms with Crippen molar-refractivity contribution in [1.29, 1.82) is 0 Å². The number of thiophene rings is 1. The molecule has 0 saturated heterocycles. The molecule has 4 N–H and O–H groups in total. The molecule has 296 valence electrons. The number of aromatic nitrogens is 2. The van der Waals surface area contributed by atoms with Crippen molar-refractivity contribution in [3.05, 3.63) is 105 Å². The van der Waals surface area contributed by atoms with Crippen LogP contribution in [0.25, 0.3) is 0 Å². The fourth-order valence-corrected chi connectivity index (χ4v) is 8.20. The van der Waals surface area contributed by atoms with Crippen LogP contribution in [0.3, 0.4) is 0 Å². The van der Waals surface area contributed by atoms with Crippen LogP contribution in [-0.4, -0.2) is 85.8 Å². The number of carbonyl (C=O) groups is 5. The Morgan fingerprint density at radius 1 is 0.821 bits per heavy atom. The summed E-state index contributed by atoms with van der Waals surface area (Å²) < 4.78 is 0. The molecule has 0 saturated carbocycles. The number of benzene rings is 1. The second-order valence-electron chi connectivity index (χ2n) is 14.0.